The van der Waals surface area contributed by atoms with E-state index < -0.39 is 0 Å². The first-order valence-electron chi connectivity index (χ1n) is 7.95. The molecule has 19 heavy (non-hydrogen) atoms. The van der Waals surface area contributed by atoms with Crippen molar-refractivity contribution >= 4 is 5.91 Å². The summed E-state index contributed by atoms with van der Waals surface area (Å²) < 4.78 is 0. The van der Waals surface area contributed by atoms with Crippen LogP contribution in [0.15, 0.2) is 0 Å². The number of rotatable bonds is 13. The van der Waals surface area contributed by atoms with Crippen LogP contribution in [-0.2, 0) is 4.79 Å². The van der Waals surface area contributed by atoms with Gasteiger partial charge in [-0.1, -0.05) is 51.9 Å². The molecule has 0 bridgehead atoms. The fourth-order valence-corrected chi connectivity index (χ4v) is 2.10. The predicted octanol–water partition coefficient (Wildman–Crippen LogP) is 2.66. The number of carbonyl (C=O) groups excluding carboxylic acids is 1. The molecule has 0 fully saturated rings. The lowest BCUT2D eigenvalue weighted by molar-refractivity contribution is -0.121. The summed E-state index contributed by atoms with van der Waals surface area (Å²) in [5, 5.41) is 2.88. The summed E-state index contributed by atoms with van der Waals surface area (Å²) in [4.78, 5) is 11.6. The normalized spacial score (nSPS) is 12.4. The second-order valence-electron chi connectivity index (χ2n) is 5.33. The molecule has 0 heterocycles. The molecule has 0 rings (SSSR count). The maximum absolute atomic E-state index is 11.6. The highest BCUT2D eigenvalue weighted by molar-refractivity contribution is 5.76. The van der Waals surface area contributed by atoms with E-state index in [0.29, 0.717) is 6.42 Å². The quantitative estimate of drug-likeness (QED) is 0.356. The van der Waals surface area contributed by atoms with Crippen LogP contribution in [0.4, 0.5) is 0 Å². The van der Waals surface area contributed by atoms with Gasteiger partial charge in [0.1, 0.15) is 0 Å². The zero-order chi connectivity index (χ0) is 14.3. The maximum Gasteiger partial charge on any atom is 0.221 e. The van der Waals surface area contributed by atoms with Crippen molar-refractivity contribution in [1.29, 1.82) is 0 Å². The van der Waals surface area contributed by atoms with Crippen molar-refractivity contribution in [3.8, 4) is 0 Å². The molecule has 0 aliphatic heterocycles. The standard InChI is InChI=1S/C15H33N3O/c1-2-3-4-5-8-11-14(17)18-15(19)12-9-6-7-10-13-16/h14H,2-13,16-17H2,1H3,(H,18,19). The molecule has 4 nitrogen and oxygen atoms in total. The zero-order valence-electron chi connectivity index (χ0n) is 12.6. The van der Waals surface area contributed by atoms with Crippen LogP contribution in [0.25, 0.3) is 0 Å². The number of hydrogen-bond acceptors (Lipinski definition) is 3. The average Bonchev–Trinajstić information content (AvgIpc) is 2.38. The minimum absolute atomic E-state index is 0.0915. The Morgan fingerprint density at radius 3 is 2.32 bits per heavy atom. The predicted molar refractivity (Wildman–Crippen MR) is 81.6 cm³/mol. The molecular weight excluding hydrogens is 238 g/mol. The summed E-state index contributed by atoms with van der Waals surface area (Å²) in [7, 11) is 0. The van der Waals surface area contributed by atoms with Crippen molar-refractivity contribution in [3.05, 3.63) is 0 Å². The summed E-state index contributed by atoms with van der Waals surface area (Å²) in [6.45, 7) is 2.95. The van der Waals surface area contributed by atoms with Crippen molar-refractivity contribution in [2.75, 3.05) is 6.54 Å². The van der Waals surface area contributed by atoms with Crippen LogP contribution in [0.2, 0.25) is 0 Å². The highest BCUT2D eigenvalue weighted by atomic mass is 16.1. The van der Waals surface area contributed by atoms with Crippen molar-refractivity contribution in [2.45, 2.75) is 83.7 Å². The van der Waals surface area contributed by atoms with Crippen LogP contribution in [-0.4, -0.2) is 18.6 Å². The number of nitrogens with two attached hydrogens (primary N) is 2. The van der Waals surface area contributed by atoms with Crippen molar-refractivity contribution < 1.29 is 4.79 Å². The van der Waals surface area contributed by atoms with Gasteiger partial charge in [0.2, 0.25) is 5.91 Å². The van der Waals surface area contributed by atoms with Gasteiger partial charge in [-0.3, -0.25) is 4.79 Å². The second-order valence-corrected chi connectivity index (χ2v) is 5.33. The summed E-state index contributed by atoms with van der Waals surface area (Å²) in [6, 6.07) is 0. The number of amides is 1. The van der Waals surface area contributed by atoms with E-state index >= 15 is 0 Å². The van der Waals surface area contributed by atoms with Crippen molar-refractivity contribution in [1.82, 2.24) is 5.32 Å². The maximum atomic E-state index is 11.6. The average molecular weight is 271 g/mol. The Bertz CT molecular complexity index is 210. The minimum atomic E-state index is -0.168. The Hall–Kier alpha value is -0.610. The molecule has 1 amide bonds. The Kier molecular flexibility index (Phi) is 13.4. The molecule has 4 heteroatoms. The molecule has 0 aromatic heterocycles. The number of unbranched alkanes of at least 4 members (excludes halogenated alkanes) is 7. The van der Waals surface area contributed by atoms with Gasteiger partial charge in [-0.2, -0.15) is 0 Å². The van der Waals surface area contributed by atoms with Gasteiger partial charge in [-0.05, 0) is 25.8 Å². The molecule has 0 spiro atoms. The molecule has 1 atom stereocenters. The van der Waals surface area contributed by atoms with Crippen LogP contribution in [0, 0.1) is 0 Å². The first kappa shape index (κ1) is 18.4. The molecule has 1 unspecified atom stereocenters. The summed E-state index contributed by atoms with van der Waals surface area (Å²) in [6.07, 6.45) is 11.7. The SMILES string of the molecule is CCCCCCCC(N)NC(=O)CCCCCCN. The molecule has 0 aromatic rings. The van der Waals surface area contributed by atoms with Gasteiger partial charge in [0.15, 0.2) is 0 Å². The Morgan fingerprint density at radius 2 is 1.63 bits per heavy atom. The summed E-state index contributed by atoms with van der Waals surface area (Å²) >= 11 is 0. The Labute approximate surface area is 118 Å². The van der Waals surface area contributed by atoms with Gasteiger partial charge < -0.3 is 16.8 Å². The van der Waals surface area contributed by atoms with E-state index in [1.807, 2.05) is 0 Å². The van der Waals surface area contributed by atoms with Crippen LogP contribution < -0.4 is 16.8 Å². The van der Waals surface area contributed by atoms with Gasteiger partial charge in [-0.25, -0.2) is 0 Å². The van der Waals surface area contributed by atoms with Crippen LogP contribution in [0.5, 0.6) is 0 Å². The number of hydrogen-bond donors (Lipinski definition) is 3. The first-order valence-corrected chi connectivity index (χ1v) is 7.95. The molecule has 0 aromatic carbocycles. The molecule has 0 saturated carbocycles. The van der Waals surface area contributed by atoms with E-state index in [4.69, 9.17) is 11.5 Å². The van der Waals surface area contributed by atoms with Crippen molar-refractivity contribution in [2.24, 2.45) is 11.5 Å². The minimum Gasteiger partial charge on any atom is -0.341 e. The zero-order valence-corrected chi connectivity index (χ0v) is 12.6. The molecular formula is C15H33N3O. The van der Waals surface area contributed by atoms with Gasteiger partial charge >= 0.3 is 0 Å². The highest BCUT2D eigenvalue weighted by Gasteiger charge is 2.06. The lowest BCUT2D eigenvalue weighted by Gasteiger charge is -2.13. The molecule has 5 N–H and O–H groups in total. The van der Waals surface area contributed by atoms with E-state index in [1.165, 1.54) is 25.7 Å². The summed E-state index contributed by atoms with van der Waals surface area (Å²) in [5.41, 5.74) is 11.3. The Balaban J connectivity index is 3.37. The van der Waals surface area contributed by atoms with Gasteiger partial charge in [0.05, 0.1) is 6.17 Å². The fraction of sp³-hybridized carbons (Fsp3) is 0.933. The van der Waals surface area contributed by atoms with E-state index in [0.717, 1.165) is 45.1 Å². The third kappa shape index (κ3) is 13.6. The van der Waals surface area contributed by atoms with E-state index in [1.54, 1.807) is 0 Å². The van der Waals surface area contributed by atoms with Gasteiger partial charge in [0, 0.05) is 6.42 Å². The molecule has 0 aliphatic rings. The van der Waals surface area contributed by atoms with Crippen LogP contribution in [0.3, 0.4) is 0 Å². The molecule has 114 valence electrons. The Morgan fingerprint density at radius 1 is 1.00 bits per heavy atom. The third-order valence-corrected chi connectivity index (χ3v) is 3.32. The van der Waals surface area contributed by atoms with Crippen LogP contribution >= 0.6 is 0 Å². The van der Waals surface area contributed by atoms with E-state index in [2.05, 4.69) is 12.2 Å². The second kappa shape index (κ2) is 13.8. The van der Waals surface area contributed by atoms with Crippen LogP contribution in [0.1, 0.15) is 77.6 Å². The number of carbonyl (C=O) groups is 1. The van der Waals surface area contributed by atoms with Crippen molar-refractivity contribution in [3.63, 3.8) is 0 Å². The van der Waals surface area contributed by atoms with Gasteiger partial charge in [-0.15, -0.1) is 0 Å². The van der Waals surface area contributed by atoms with E-state index in [-0.39, 0.29) is 12.1 Å². The topological polar surface area (TPSA) is 81.1 Å². The first-order chi connectivity index (χ1) is 9.20. The van der Waals surface area contributed by atoms with Gasteiger partial charge in [0.25, 0.3) is 0 Å². The smallest absolute Gasteiger partial charge is 0.221 e. The third-order valence-electron chi connectivity index (χ3n) is 3.32. The summed E-state index contributed by atoms with van der Waals surface area (Å²) in [5.74, 6) is 0.0915. The molecule has 0 radical (unpaired) electrons. The largest absolute Gasteiger partial charge is 0.341 e. The molecule has 0 saturated heterocycles. The lowest BCUT2D eigenvalue weighted by Crippen LogP contribution is -2.41. The molecule has 0 aliphatic carbocycles. The fourth-order valence-electron chi connectivity index (χ4n) is 2.10. The number of nitrogens with one attached hydrogen (secondary N) is 1. The lowest BCUT2D eigenvalue weighted by atomic mass is 10.1. The highest BCUT2D eigenvalue weighted by Crippen LogP contribution is 2.06. The van der Waals surface area contributed by atoms with E-state index in [9.17, 15) is 4.79 Å². The monoisotopic (exact) mass is 271 g/mol.